The highest BCUT2D eigenvalue weighted by Crippen LogP contribution is 2.19. The number of hydrogen-bond acceptors (Lipinski definition) is 7. The van der Waals surface area contributed by atoms with Gasteiger partial charge in [0, 0.05) is 25.7 Å². The Morgan fingerprint density at radius 2 is 1.05 bits per heavy atom. The standard InChI is InChI=1S/C28H36N2O.C4H6O6/c1-23(2)19-29-20-28(31)27(18-24-12-6-3-7-13-24)30(21-25-14-8-4-9-15-25)22-26-16-10-5-11-17-26;5-1(3(7)8)2(6)4(9)10/h3-17,23,27-29,31H,18-22H2,1-2H3;1-2,5-6H,(H,7,8)(H,9,10). The van der Waals surface area contributed by atoms with Crippen molar-refractivity contribution in [1.82, 2.24) is 10.2 Å². The Morgan fingerprint density at radius 3 is 1.41 bits per heavy atom. The van der Waals surface area contributed by atoms with Gasteiger partial charge in [-0.3, -0.25) is 4.90 Å². The molecule has 3 rings (SSSR count). The van der Waals surface area contributed by atoms with Crippen molar-refractivity contribution in [3.05, 3.63) is 108 Å². The Labute approximate surface area is 241 Å². The number of nitrogens with zero attached hydrogens (tertiary/aromatic N) is 1. The van der Waals surface area contributed by atoms with Crippen LogP contribution in [0.15, 0.2) is 91.0 Å². The second-order valence-electron chi connectivity index (χ2n) is 10.3. The van der Waals surface area contributed by atoms with Gasteiger partial charge in [0.15, 0.2) is 12.2 Å². The quantitative estimate of drug-likeness (QED) is 0.163. The normalized spacial score (nSPS) is 14.0. The fraction of sp³-hybridized carbons (Fsp3) is 0.375. The van der Waals surface area contributed by atoms with Gasteiger partial charge in [-0.25, -0.2) is 9.59 Å². The summed E-state index contributed by atoms with van der Waals surface area (Å²) in [7, 11) is 0. The molecular formula is C32H42N2O7. The van der Waals surface area contributed by atoms with Crippen LogP contribution in [0.1, 0.15) is 30.5 Å². The average Bonchev–Trinajstić information content (AvgIpc) is 2.96. The molecule has 0 saturated heterocycles. The van der Waals surface area contributed by atoms with Gasteiger partial charge in [0.2, 0.25) is 0 Å². The number of aliphatic carboxylic acids is 2. The molecule has 6 N–H and O–H groups in total. The Bertz CT molecular complexity index is 1090. The van der Waals surface area contributed by atoms with Gasteiger partial charge in [0.05, 0.1) is 6.10 Å². The average molecular weight is 567 g/mol. The third-order valence-corrected chi connectivity index (χ3v) is 6.37. The minimum atomic E-state index is -2.27. The molecular weight excluding hydrogens is 524 g/mol. The highest BCUT2D eigenvalue weighted by molar-refractivity contribution is 5.83. The van der Waals surface area contributed by atoms with E-state index < -0.39 is 30.3 Å². The molecule has 0 aromatic heterocycles. The van der Waals surface area contributed by atoms with Gasteiger partial charge in [0.25, 0.3) is 0 Å². The SMILES string of the molecule is CC(C)CNCC(O)C(Cc1ccccc1)N(Cc1ccccc1)Cc1ccccc1.O=C(O)C(O)C(O)C(=O)O. The number of carboxylic acid groups (broad SMARTS) is 2. The van der Waals surface area contributed by atoms with E-state index in [0.29, 0.717) is 12.5 Å². The molecule has 9 nitrogen and oxygen atoms in total. The van der Waals surface area contributed by atoms with E-state index in [1.54, 1.807) is 0 Å². The van der Waals surface area contributed by atoms with Crippen LogP contribution in [-0.2, 0) is 29.1 Å². The van der Waals surface area contributed by atoms with Crippen molar-refractivity contribution in [3.8, 4) is 0 Å². The molecule has 0 aliphatic heterocycles. The maximum Gasteiger partial charge on any atom is 0.335 e. The van der Waals surface area contributed by atoms with Crippen LogP contribution in [0.3, 0.4) is 0 Å². The van der Waals surface area contributed by atoms with Crippen molar-refractivity contribution >= 4 is 11.9 Å². The molecule has 0 amide bonds. The van der Waals surface area contributed by atoms with Gasteiger partial charge in [-0.2, -0.15) is 0 Å². The lowest BCUT2D eigenvalue weighted by Crippen LogP contribution is -2.48. The molecule has 41 heavy (non-hydrogen) atoms. The molecule has 222 valence electrons. The largest absolute Gasteiger partial charge is 0.479 e. The van der Waals surface area contributed by atoms with Crippen LogP contribution >= 0.6 is 0 Å². The third kappa shape index (κ3) is 12.6. The Balaban J connectivity index is 0.000000503. The maximum absolute atomic E-state index is 11.3. The Hall–Kier alpha value is -3.60. The van der Waals surface area contributed by atoms with Gasteiger partial charge < -0.3 is 30.8 Å². The van der Waals surface area contributed by atoms with Crippen LogP contribution in [0.25, 0.3) is 0 Å². The summed E-state index contributed by atoms with van der Waals surface area (Å²) >= 11 is 0. The van der Waals surface area contributed by atoms with E-state index in [4.69, 9.17) is 20.4 Å². The van der Waals surface area contributed by atoms with Crippen LogP contribution in [0, 0.1) is 5.92 Å². The van der Waals surface area contributed by atoms with Crippen molar-refractivity contribution in [2.75, 3.05) is 13.1 Å². The second kappa shape index (κ2) is 18.0. The summed E-state index contributed by atoms with van der Waals surface area (Å²) in [6, 6.07) is 31.6. The van der Waals surface area contributed by atoms with Crippen LogP contribution in [0.2, 0.25) is 0 Å². The third-order valence-electron chi connectivity index (χ3n) is 6.37. The van der Waals surface area contributed by atoms with Crippen molar-refractivity contribution < 1.29 is 35.1 Å². The molecule has 0 aliphatic carbocycles. The number of aliphatic hydroxyl groups is 3. The zero-order chi connectivity index (χ0) is 30.2. The van der Waals surface area contributed by atoms with Gasteiger partial charge in [-0.05, 0) is 35.6 Å². The predicted octanol–water partition coefficient (Wildman–Crippen LogP) is 2.78. The van der Waals surface area contributed by atoms with E-state index in [0.717, 1.165) is 26.1 Å². The molecule has 9 heteroatoms. The van der Waals surface area contributed by atoms with Crippen molar-refractivity contribution in [2.24, 2.45) is 5.92 Å². The number of nitrogens with one attached hydrogen (secondary N) is 1. The molecule has 4 atom stereocenters. The molecule has 0 radical (unpaired) electrons. The first-order chi connectivity index (χ1) is 19.6. The summed E-state index contributed by atoms with van der Waals surface area (Å²) in [5.41, 5.74) is 3.78. The zero-order valence-electron chi connectivity index (χ0n) is 23.6. The van der Waals surface area contributed by atoms with Crippen molar-refractivity contribution in [3.63, 3.8) is 0 Å². The summed E-state index contributed by atoms with van der Waals surface area (Å²) in [5, 5.41) is 47.3. The molecule has 0 aliphatic rings. The second-order valence-corrected chi connectivity index (χ2v) is 10.3. The zero-order valence-corrected chi connectivity index (χ0v) is 23.6. The van der Waals surface area contributed by atoms with Crippen molar-refractivity contribution in [1.29, 1.82) is 0 Å². The highest BCUT2D eigenvalue weighted by Gasteiger charge is 2.29. The van der Waals surface area contributed by atoms with Gasteiger partial charge in [0.1, 0.15) is 0 Å². The van der Waals surface area contributed by atoms with Crippen LogP contribution in [0.4, 0.5) is 0 Å². The highest BCUT2D eigenvalue weighted by atomic mass is 16.4. The summed E-state index contributed by atoms with van der Waals surface area (Å²) in [6.45, 7) is 7.49. The van der Waals surface area contributed by atoms with Crippen LogP contribution < -0.4 is 5.32 Å². The first-order valence-corrected chi connectivity index (χ1v) is 13.6. The number of hydrogen-bond donors (Lipinski definition) is 6. The lowest BCUT2D eigenvalue weighted by atomic mass is 9.97. The van der Waals surface area contributed by atoms with E-state index in [1.807, 2.05) is 6.07 Å². The first kappa shape index (κ1) is 33.6. The smallest absolute Gasteiger partial charge is 0.335 e. The van der Waals surface area contributed by atoms with Crippen LogP contribution in [-0.4, -0.2) is 79.8 Å². The number of aliphatic hydroxyl groups excluding tert-OH is 3. The molecule has 0 spiro atoms. The number of carboxylic acids is 2. The van der Waals surface area contributed by atoms with Gasteiger partial charge >= 0.3 is 11.9 Å². The lowest BCUT2D eigenvalue weighted by molar-refractivity contribution is -0.165. The topological polar surface area (TPSA) is 151 Å². The van der Waals surface area contributed by atoms with E-state index in [-0.39, 0.29) is 6.04 Å². The van der Waals surface area contributed by atoms with E-state index in [2.05, 4.69) is 109 Å². The summed E-state index contributed by atoms with van der Waals surface area (Å²) < 4.78 is 0. The van der Waals surface area contributed by atoms with E-state index in [1.165, 1.54) is 16.7 Å². The molecule has 3 aromatic carbocycles. The fourth-order valence-electron chi connectivity index (χ4n) is 4.22. The van der Waals surface area contributed by atoms with Gasteiger partial charge in [-0.15, -0.1) is 0 Å². The molecule has 4 unspecified atom stereocenters. The van der Waals surface area contributed by atoms with E-state index in [9.17, 15) is 14.7 Å². The molecule has 3 aromatic rings. The minimum Gasteiger partial charge on any atom is -0.479 e. The first-order valence-electron chi connectivity index (χ1n) is 13.6. The summed E-state index contributed by atoms with van der Waals surface area (Å²) in [4.78, 5) is 22.0. The molecule has 0 saturated carbocycles. The lowest BCUT2D eigenvalue weighted by Gasteiger charge is -2.36. The Morgan fingerprint density at radius 1 is 0.659 bits per heavy atom. The molecule has 0 heterocycles. The fourth-order valence-corrected chi connectivity index (χ4v) is 4.22. The van der Waals surface area contributed by atoms with E-state index >= 15 is 0 Å². The maximum atomic E-state index is 11.3. The molecule has 0 bridgehead atoms. The summed E-state index contributed by atoms with van der Waals surface area (Å²) in [6.07, 6.45) is -4.19. The Kier molecular flexibility index (Phi) is 14.7. The minimum absolute atomic E-state index is 0.00229. The monoisotopic (exact) mass is 566 g/mol. The summed E-state index contributed by atoms with van der Waals surface area (Å²) in [5.74, 6) is -2.98. The van der Waals surface area contributed by atoms with Crippen LogP contribution in [0.5, 0.6) is 0 Å². The van der Waals surface area contributed by atoms with Gasteiger partial charge in [-0.1, -0.05) is 105 Å². The number of benzene rings is 3. The predicted molar refractivity (Wildman–Crippen MR) is 157 cm³/mol. The number of rotatable bonds is 15. The number of carbonyl (C=O) groups is 2. The van der Waals surface area contributed by atoms with Crippen molar-refractivity contribution in [2.45, 2.75) is 57.7 Å². The molecule has 0 fully saturated rings.